The number of rotatable bonds is 2. The van der Waals surface area contributed by atoms with Gasteiger partial charge in [-0.2, -0.15) is 0 Å². The highest BCUT2D eigenvalue weighted by Gasteiger charge is 2.22. The first-order valence-electron chi connectivity index (χ1n) is 7.38. The first-order chi connectivity index (χ1) is 8.92. The van der Waals surface area contributed by atoms with E-state index in [1.54, 1.807) is 0 Å². The maximum Gasteiger partial charge on any atom is 0.0925 e. The summed E-state index contributed by atoms with van der Waals surface area (Å²) >= 11 is 0. The normalized spacial score (nSPS) is 26.3. The highest BCUT2D eigenvalue weighted by atomic mass is 15.2. The molecule has 0 radical (unpaired) electrons. The molecule has 0 aliphatic carbocycles. The number of imidazole rings is 1. The molecule has 1 aromatic heterocycles. The third kappa shape index (κ3) is 2.93. The van der Waals surface area contributed by atoms with Gasteiger partial charge in [-0.15, -0.1) is 0 Å². The predicted octanol–water partition coefficient (Wildman–Crippen LogP) is 1.69. The molecule has 1 saturated heterocycles. The van der Waals surface area contributed by atoms with Crippen LogP contribution in [0.4, 0.5) is 0 Å². The smallest absolute Gasteiger partial charge is 0.0925 e. The molecule has 18 heavy (non-hydrogen) atoms. The lowest BCUT2D eigenvalue weighted by molar-refractivity contribution is 0.216. The number of likely N-dealkylation sites (tertiary alicyclic amines) is 1. The summed E-state index contributed by atoms with van der Waals surface area (Å²) < 4.78 is 0. The van der Waals surface area contributed by atoms with Gasteiger partial charge in [-0.05, 0) is 25.9 Å². The van der Waals surface area contributed by atoms with Crippen LogP contribution in [0.25, 0.3) is 0 Å². The molecule has 0 bridgehead atoms. The van der Waals surface area contributed by atoms with E-state index in [2.05, 4.69) is 20.2 Å². The highest BCUT2D eigenvalue weighted by molar-refractivity contribution is 5.15. The van der Waals surface area contributed by atoms with Crippen molar-refractivity contribution in [2.45, 2.75) is 51.1 Å². The Kier molecular flexibility index (Phi) is 3.96. The number of hydrogen-bond donors (Lipinski definition) is 2. The summed E-state index contributed by atoms with van der Waals surface area (Å²) in [6, 6.07) is 0.584. The largest absolute Gasteiger partial charge is 0.347 e. The van der Waals surface area contributed by atoms with E-state index in [1.807, 2.05) is 6.33 Å². The Hall–Kier alpha value is -0.870. The highest BCUT2D eigenvalue weighted by Crippen LogP contribution is 2.15. The van der Waals surface area contributed by atoms with E-state index in [4.69, 9.17) is 0 Å². The Labute approximate surface area is 109 Å². The second-order valence-corrected chi connectivity index (χ2v) is 5.68. The van der Waals surface area contributed by atoms with Gasteiger partial charge in [0.2, 0.25) is 0 Å². The number of aromatic amines is 1. The van der Waals surface area contributed by atoms with E-state index in [1.165, 1.54) is 63.1 Å². The van der Waals surface area contributed by atoms with Crippen LogP contribution in [0.1, 0.15) is 43.5 Å². The van der Waals surface area contributed by atoms with Crippen molar-refractivity contribution in [3.63, 3.8) is 0 Å². The zero-order valence-corrected chi connectivity index (χ0v) is 11.1. The molecule has 0 saturated carbocycles. The molecule has 1 aromatic rings. The van der Waals surface area contributed by atoms with E-state index < -0.39 is 0 Å². The first-order valence-corrected chi connectivity index (χ1v) is 7.38. The molecule has 4 nitrogen and oxygen atoms in total. The average Bonchev–Trinajstić information content (AvgIpc) is 2.79. The molecule has 2 aliphatic heterocycles. The Morgan fingerprint density at radius 1 is 1.17 bits per heavy atom. The predicted molar refractivity (Wildman–Crippen MR) is 72.4 cm³/mol. The van der Waals surface area contributed by atoms with Gasteiger partial charge in [-0.25, -0.2) is 4.98 Å². The molecule has 1 unspecified atom stereocenters. The van der Waals surface area contributed by atoms with Crippen molar-refractivity contribution in [3.8, 4) is 0 Å². The van der Waals surface area contributed by atoms with Gasteiger partial charge in [0.15, 0.2) is 0 Å². The molecular weight excluding hydrogens is 224 g/mol. The fourth-order valence-corrected chi connectivity index (χ4v) is 3.17. The van der Waals surface area contributed by atoms with Crippen LogP contribution < -0.4 is 5.32 Å². The SMILES string of the molecule is c1nc2c([nH]1)CNC(CN1CCCCCCC1)C2. The van der Waals surface area contributed by atoms with Crippen LogP contribution in [-0.4, -0.2) is 40.5 Å². The van der Waals surface area contributed by atoms with Crippen LogP contribution in [0, 0.1) is 0 Å². The number of H-pyrrole nitrogens is 1. The van der Waals surface area contributed by atoms with Crippen molar-refractivity contribution in [1.29, 1.82) is 0 Å². The van der Waals surface area contributed by atoms with Crippen LogP contribution >= 0.6 is 0 Å². The third-order valence-electron chi connectivity index (χ3n) is 4.24. The van der Waals surface area contributed by atoms with Crippen molar-refractivity contribution < 1.29 is 0 Å². The molecule has 4 heteroatoms. The third-order valence-corrected chi connectivity index (χ3v) is 4.24. The Morgan fingerprint density at radius 3 is 2.78 bits per heavy atom. The molecule has 0 spiro atoms. The topological polar surface area (TPSA) is 44.0 Å². The molecule has 2 N–H and O–H groups in total. The number of fused-ring (bicyclic) bond motifs is 1. The lowest BCUT2D eigenvalue weighted by Crippen LogP contribution is -2.45. The van der Waals surface area contributed by atoms with Crippen molar-refractivity contribution in [2.24, 2.45) is 0 Å². The van der Waals surface area contributed by atoms with Gasteiger partial charge in [0, 0.05) is 25.6 Å². The maximum atomic E-state index is 4.42. The van der Waals surface area contributed by atoms with Gasteiger partial charge in [0.25, 0.3) is 0 Å². The minimum absolute atomic E-state index is 0.584. The molecule has 100 valence electrons. The van der Waals surface area contributed by atoms with E-state index >= 15 is 0 Å². The molecule has 3 heterocycles. The molecule has 0 aromatic carbocycles. The van der Waals surface area contributed by atoms with Crippen molar-refractivity contribution in [3.05, 3.63) is 17.7 Å². The number of nitrogens with one attached hydrogen (secondary N) is 2. The van der Waals surface area contributed by atoms with Crippen LogP contribution in [0.15, 0.2) is 6.33 Å². The maximum absolute atomic E-state index is 4.42. The quantitative estimate of drug-likeness (QED) is 0.837. The summed E-state index contributed by atoms with van der Waals surface area (Å²) in [4.78, 5) is 10.3. The molecule has 3 rings (SSSR count). The van der Waals surface area contributed by atoms with Crippen molar-refractivity contribution in [1.82, 2.24) is 20.2 Å². The van der Waals surface area contributed by atoms with E-state index in [0.717, 1.165) is 13.0 Å². The fraction of sp³-hybridized carbons (Fsp3) is 0.786. The van der Waals surface area contributed by atoms with Crippen LogP contribution in [-0.2, 0) is 13.0 Å². The zero-order chi connectivity index (χ0) is 12.2. The molecule has 0 amide bonds. The van der Waals surface area contributed by atoms with Gasteiger partial charge < -0.3 is 15.2 Å². The minimum Gasteiger partial charge on any atom is -0.347 e. The van der Waals surface area contributed by atoms with Crippen LogP contribution in [0.5, 0.6) is 0 Å². The van der Waals surface area contributed by atoms with E-state index in [0.29, 0.717) is 6.04 Å². The van der Waals surface area contributed by atoms with E-state index in [-0.39, 0.29) is 0 Å². The molecule has 2 aliphatic rings. The number of hydrogen-bond acceptors (Lipinski definition) is 3. The minimum atomic E-state index is 0.584. The molecule has 1 atom stereocenters. The summed E-state index contributed by atoms with van der Waals surface area (Å²) in [5, 5.41) is 3.63. The lowest BCUT2D eigenvalue weighted by Gasteiger charge is -2.31. The summed E-state index contributed by atoms with van der Waals surface area (Å²) in [7, 11) is 0. The van der Waals surface area contributed by atoms with Gasteiger partial charge in [0.1, 0.15) is 0 Å². The Bertz CT molecular complexity index is 366. The van der Waals surface area contributed by atoms with E-state index in [9.17, 15) is 0 Å². The summed E-state index contributed by atoms with van der Waals surface area (Å²) in [6.45, 7) is 4.71. The van der Waals surface area contributed by atoms with Gasteiger partial charge in [0.05, 0.1) is 17.7 Å². The second-order valence-electron chi connectivity index (χ2n) is 5.68. The summed E-state index contributed by atoms with van der Waals surface area (Å²) in [6.07, 6.45) is 9.92. The Balaban J connectivity index is 1.53. The van der Waals surface area contributed by atoms with Crippen LogP contribution in [0.3, 0.4) is 0 Å². The number of aromatic nitrogens is 2. The summed E-state index contributed by atoms with van der Waals surface area (Å²) in [5.41, 5.74) is 2.55. The average molecular weight is 248 g/mol. The van der Waals surface area contributed by atoms with Crippen molar-refractivity contribution in [2.75, 3.05) is 19.6 Å². The molecular formula is C14H24N4. The van der Waals surface area contributed by atoms with Crippen molar-refractivity contribution >= 4 is 0 Å². The summed E-state index contributed by atoms with van der Waals surface area (Å²) in [5.74, 6) is 0. The first kappa shape index (κ1) is 12.2. The fourth-order valence-electron chi connectivity index (χ4n) is 3.17. The van der Waals surface area contributed by atoms with Gasteiger partial charge in [-0.3, -0.25) is 0 Å². The standard InChI is InChI=1S/C14H24N4/c1-2-4-6-18(7-5-3-1)10-12-8-13-14(9-15-12)17-11-16-13/h11-12,15H,1-10H2,(H,16,17). The van der Waals surface area contributed by atoms with Gasteiger partial charge >= 0.3 is 0 Å². The second kappa shape index (κ2) is 5.85. The monoisotopic (exact) mass is 248 g/mol. The molecule has 1 fully saturated rings. The Morgan fingerprint density at radius 2 is 1.94 bits per heavy atom. The van der Waals surface area contributed by atoms with Gasteiger partial charge in [-0.1, -0.05) is 19.3 Å². The zero-order valence-electron chi connectivity index (χ0n) is 11.1. The number of nitrogens with zero attached hydrogens (tertiary/aromatic N) is 2. The van der Waals surface area contributed by atoms with Crippen LogP contribution in [0.2, 0.25) is 0 Å². The lowest BCUT2D eigenvalue weighted by atomic mass is 10.0.